The summed E-state index contributed by atoms with van der Waals surface area (Å²) in [6.45, 7) is 4.05. The number of ketones is 1. The Morgan fingerprint density at radius 3 is 2.35 bits per heavy atom. The first kappa shape index (κ1) is 19.0. The van der Waals surface area contributed by atoms with E-state index in [0.717, 1.165) is 32.2 Å². The zero-order valence-electron chi connectivity index (χ0n) is 14.2. The van der Waals surface area contributed by atoms with Gasteiger partial charge in [-0.15, -0.1) is 0 Å². The number of carbonyl (C=O) groups is 1. The second-order valence-electron chi connectivity index (χ2n) is 5.94. The Kier molecular flexibility index (Phi) is 5.46. The van der Waals surface area contributed by atoms with Gasteiger partial charge in [-0.3, -0.25) is 4.79 Å². The summed E-state index contributed by atoms with van der Waals surface area (Å²) in [5, 5.41) is 2.09. The lowest BCUT2D eigenvalue weighted by molar-refractivity contribution is -0.571. The van der Waals surface area contributed by atoms with Gasteiger partial charge in [-0.05, 0) is 31.2 Å². The van der Waals surface area contributed by atoms with Crippen LogP contribution in [0.25, 0.3) is 10.6 Å². The van der Waals surface area contributed by atoms with Crippen molar-refractivity contribution in [3.05, 3.63) is 87.1 Å². The third kappa shape index (κ3) is 3.06. The van der Waals surface area contributed by atoms with Gasteiger partial charge in [0.2, 0.25) is 11.5 Å². The smallest absolute Gasteiger partial charge is 0.351 e. The number of imidazole rings is 1. The van der Waals surface area contributed by atoms with Crippen molar-refractivity contribution in [3.63, 3.8) is 0 Å². The maximum absolute atomic E-state index is 13.2. The number of hydrogen-bond acceptors (Lipinski definition) is 2. The summed E-state index contributed by atoms with van der Waals surface area (Å²) in [4.78, 5) is 14.2. The third-order valence-electron chi connectivity index (χ3n) is 4.31. The molecule has 0 N–H and O–H groups in total. The largest absolute Gasteiger partial charge is 1.00 e. The number of nitrogens with zero attached hydrogens (tertiary/aromatic N) is 2. The van der Waals surface area contributed by atoms with Gasteiger partial charge in [0.15, 0.2) is 5.69 Å². The molecule has 4 rings (SSSR count). The van der Waals surface area contributed by atoms with Gasteiger partial charge < -0.3 is 17.0 Å². The Hall–Kier alpha value is -1.76. The van der Waals surface area contributed by atoms with Crippen molar-refractivity contribution in [2.24, 2.45) is 0 Å². The molecule has 0 aliphatic carbocycles. The van der Waals surface area contributed by atoms with E-state index in [1.165, 1.54) is 0 Å². The van der Waals surface area contributed by atoms with Crippen molar-refractivity contribution < 1.29 is 26.3 Å². The number of aromatic nitrogens is 2. The van der Waals surface area contributed by atoms with Gasteiger partial charge in [-0.25, -0.2) is 0 Å². The molecule has 0 atom stereocenters. The summed E-state index contributed by atoms with van der Waals surface area (Å²) in [5.41, 5.74) is 4.50. The lowest BCUT2D eigenvalue weighted by Crippen LogP contribution is -3.00. The van der Waals surface area contributed by atoms with E-state index in [1.54, 1.807) is 11.3 Å². The minimum atomic E-state index is 0. The van der Waals surface area contributed by atoms with Crippen LogP contribution in [0.5, 0.6) is 0 Å². The van der Waals surface area contributed by atoms with Crippen molar-refractivity contribution in [2.75, 3.05) is 0 Å². The molecule has 3 nitrogen and oxygen atoms in total. The fraction of sp³-hybridized carbons (Fsp3) is 0.100. The van der Waals surface area contributed by atoms with Crippen LogP contribution in [0, 0.1) is 13.8 Å². The number of hydrogen-bond donors (Lipinski definition) is 0. The highest BCUT2D eigenvalue weighted by molar-refractivity contribution is 9.10. The zero-order chi connectivity index (χ0) is 17.6. The highest BCUT2D eigenvalue weighted by Gasteiger charge is 2.32. The van der Waals surface area contributed by atoms with Crippen LogP contribution in [0.2, 0.25) is 0 Å². The molecule has 2 aromatic carbocycles. The molecular weight excluding hydrogens is 476 g/mol. The summed E-state index contributed by atoms with van der Waals surface area (Å²) in [5.74, 6) is 0.0467. The van der Waals surface area contributed by atoms with Gasteiger partial charge >= 0.3 is 4.96 Å². The summed E-state index contributed by atoms with van der Waals surface area (Å²) >= 11 is 5.13. The van der Waals surface area contributed by atoms with Crippen LogP contribution in [0.3, 0.4) is 0 Å². The van der Waals surface area contributed by atoms with Crippen molar-refractivity contribution in [1.82, 2.24) is 4.40 Å². The van der Waals surface area contributed by atoms with Crippen molar-refractivity contribution in [2.45, 2.75) is 13.8 Å². The molecule has 0 unspecified atom stereocenters. The molecule has 0 radical (unpaired) electrons. The van der Waals surface area contributed by atoms with Crippen LogP contribution >= 0.6 is 27.3 Å². The number of aryl methyl sites for hydroxylation is 1. The third-order valence-corrected chi connectivity index (χ3v) is 5.87. The molecule has 0 fully saturated rings. The molecule has 132 valence electrons. The van der Waals surface area contributed by atoms with E-state index >= 15 is 0 Å². The minimum Gasteiger partial charge on any atom is -1.00 e. The fourth-order valence-corrected chi connectivity index (χ4v) is 4.45. The van der Waals surface area contributed by atoms with Crippen LogP contribution in [-0.4, -0.2) is 10.2 Å². The molecule has 6 heteroatoms. The first-order chi connectivity index (χ1) is 12.1. The molecule has 0 saturated heterocycles. The summed E-state index contributed by atoms with van der Waals surface area (Å²) in [6, 6.07) is 17.6. The van der Waals surface area contributed by atoms with Crippen LogP contribution < -0.4 is 21.5 Å². The SMILES string of the molecule is Cc1csc2n1c(C(=O)c1ccccc1)c(C)[n+]2-c1ccc(Br)cc1.[Br-]. The van der Waals surface area contributed by atoms with E-state index < -0.39 is 0 Å². The fourth-order valence-electron chi connectivity index (χ4n) is 3.12. The number of thiazole rings is 1. The minimum absolute atomic E-state index is 0. The number of fused-ring (bicyclic) bond motifs is 1. The monoisotopic (exact) mass is 490 g/mol. The lowest BCUT2D eigenvalue weighted by atomic mass is 10.1. The zero-order valence-corrected chi connectivity index (χ0v) is 18.2. The van der Waals surface area contributed by atoms with Crippen LogP contribution in [0.1, 0.15) is 27.4 Å². The number of halogens is 2. The number of benzene rings is 2. The summed E-state index contributed by atoms with van der Waals surface area (Å²) in [6.07, 6.45) is 0. The van der Waals surface area contributed by atoms with E-state index in [0.29, 0.717) is 5.56 Å². The number of rotatable bonds is 3. The first-order valence-corrected chi connectivity index (χ1v) is 9.62. The van der Waals surface area contributed by atoms with E-state index in [-0.39, 0.29) is 22.8 Å². The topological polar surface area (TPSA) is 25.4 Å². The van der Waals surface area contributed by atoms with Gasteiger partial charge in [0.1, 0.15) is 11.4 Å². The average Bonchev–Trinajstić information content (AvgIpc) is 3.13. The second-order valence-corrected chi connectivity index (χ2v) is 7.69. The van der Waals surface area contributed by atoms with E-state index in [2.05, 4.69) is 42.4 Å². The Morgan fingerprint density at radius 1 is 1.04 bits per heavy atom. The first-order valence-electron chi connectivity index (χ1n) is 7.95. The average molecular weight is 492 g/mol. The highest BCUT2D eigenvalue weighted by Crippen LogP contribution is 2.24. The Balaban J connectivity index is 0.00000196. The Morgan fingerprint density at radius 2 is 1.69 bits per heavy atom. The van der Waals surface area contributed by atoms with Gasteiger partial charge in [0.05, 0.1) is 0 Å². The molecule has 0 aliphatic heterocycles. The normalized spacial score (nSPS) is 10.7. The molecule has 26 heavy (non-hydrogen) atoms. The summed E-state index contributed by atoms with van der Waals surface area (Å²) in [7, 11) is 0. The van der Waals surface area contributed by atoms with Crippen LogP contribution in [0.15, 0.2) is 64.5 Å². The summed E-state index contributed by atoms with van der Waals surface area (Å²) < 4.78 is 5.25. The molecule has 0 amide bonds. The van der Waals surface area contributed by atoms with Crippen molar-refractivity contribution in [1.29, 1.82) is 0 Å². The number of carbonyl (C=O) groups excluding carboxylic acids is 1. The second kappa shape index (κ2) is 7.47. The molecule has 0 bridgehead atoms. The predicted molar refractivity (Wildman–Crippen MR) is 104 cm³/mol. The highest BCUT2D eigenvalue weighted by atomic mass is 79.9. The molecule has 0 saturated carbocycles. The lowest BCUT2D eigenvalue weighted by Gasteiger charge is -2.00. The van der Waals surface area contributed by atoms with Gasteiger partial charge in [-0.1, -0.05) is 57.6 Å². The van der Waals surface area contributed by atoms with Gasteiger partial charge in [0.25, 0.3) is 0 Å². The van der Waals surface area contributed by atoms with E-state index in [4.69, 9.17) is 0 Å². The van der Waals surface area contributed by atoms with Crippen LogP contribution in [0.4, 0.5) is 0 Å². The molecule has 2 aromatic heterocycles. The maximum atomic E-state index is 13.2. The predicted octanol–water partition coefficient (Wildman–Crippen LogP) is 1.89. The molecule has 0 spiro atoms. The van der Waals surface area contributed by atoms with E-state index in [9.17, 15) is 4.79 Å². The Labute approximate surface area is 174 Å². The Bertz CT molecular complexity index is 1080. The molecular formula is C20H16Br2N2OS. The van der Waals surface area contributed by atoms with E-state index in [1.807, 2.05) is 56.3 Å². The van der Waals surface area contributed by atoms with Crippen molar-refractivity contribution in [3.8, 4) is 5.69 Å². The molecule has 2 heterocycles. The van der Waals surface area contributed by atoms with Gasteiger partial charge in [0, 0.05) is 22.3 Å². The van der Waals surface area contributed by atoms with Crippen LogP contribution in [-0.2, 0) is 0 Å². The molecule has 4 aromatic rings. The quantitative estimate of drug-likeness (QED) is 0.317. The van der Waals surface area contributed by atoms with Gasteiger partial charge in [-0.2, -0.15) is 8.97 Å². The standard InChI is InChI=1S/C20H16BrN2OS.BrH/c1-13-12-25-20-22(13)18(19(24)15-6-4-3-5-7-15)14(2)23(20)17-10-8-16(21)9-11-17;/h3-12H,1-2H3;1H/q+1;/p-1. The van der Waals surface area contributed by atoms with Crippen molar-refractivity contribution >= 4 is 38.0 Å². The molecule has 0 aliphatic rings. The maximum Gasteiger partial charge on any atom is 0.351 e.